The number of carbonyl (C=O) groups is 1. The first kappa shape index (κ1) is 27.2. The Balaban J connectivity index is 2.27. The third kappa shape index (κ3) is 9.43. The maximum atomic E-state index is 12.8. The van der Waals surface area contributed by atoms with E-state index in [1.807, 2.05) is 48.5 Å². The third-order valence-corrected chi connectivity index (χ3v) is 5.28. The third-order valence-electron chi connectivity index (χ3n) is 5.28. The van der Waals surface area contributed by atoms with Gasteiger partial charge in [0.15, 0.2) is 0 Å². The number of nitrogens with zero attached hydrogens (tertiary/aromatic N) is 1. The fraction of sp³-hybridized carbons (Fsp3) is 0.423. The topological polar surface area (TPSA) is 119 Å². The van der Waals surface area contributed by atoms with Crippen molar-refractivity contribution in [3.05, 3.63) is 93.6 Å². The van der Waals surface area contributed by atoms with E-state index in [1.165, 1.54) is 6.08 Å². The lowest BCUT2D eigenvalue weighted by Crippen LogP contribution is -2.33. The predicted molar refractivity (Wildman–Crippen MR) is 127 cm³/mol. The Kier molecular flexibility index (Phi) is 12.0. The molecule has 2 N–H and O–H groups in total. The Hall–Kier alpha value is -3.07. The number of ether oxygens (including phenoxy) is 2. The van der Waals surface area contributed by atoms with Gasteiger partial charge in [-0.15, -0.1) is 0 Å². The molecule has 184 valence electrons. The van der Waals surface area contributed by atoms with Crippen LogP contribution < -0.4 is 0 Å². The molecule has 0 aliphatic rings. The summed E-state index contributed by atoms with van der Waals surface area (Å²) in [7, 11) is 0. The molecule has 0 fully saturated rings. The molecule has 0 aliphatic heterocycles. The smallest absolute Gasteiger partial charge is 0.334 e. The molecule has 0 spiro atoms. The minimum absolute atomic E-state index is 0.00664. The number of unbranched alkanes of at least 4 members (excludes halogenated alkanes) is 1. The van der Waals surface area contributed by atoms with Crippen LogP contribution in [0.3, 0.4) is 0 Å². The van der Waals surface area contributed by atoms with E-state index in [9.17, 15) is 25.1 Å². The first-order chi connectivity index (χ1) is 16.4. The molecular formula is C26H33NO7. The number of aliphatic hydroxyl groups excluding tert-OH is 2. The summed E-state index contributed by atoms with van der Waals surface area (Å²) >= 11 is 0. The van der Waals surface area contributed by atoms with Gasteiger partial charge in [-0.3, -0.25) is 10.1 Å². The predicted octanol–water partition coefficient (Wildman–Crippen LogP) is 3.99. The van der Waals surface area contributed by atoms with Crippen molar-refractivity contribution < 1.29 is 29.4 Å². The monoisotopic (exact) mass is 471 g/mol. The van der Waals surface area contributed by atoms with Gasteiger partial charge in [0.1, 0.15) is 18.8 Å². The first-order valence-corrected chi connectivity index (χ1v) is 11.5. The highest BCUT2D eigenvalue weighted by atomic mass is 16.6. The van der Waals surface area contributed by atoms with Crippen molar-refractivity contribution in [2.24, 2.45) is 0 Å². The Labute approximate surface area is 200 Å². The summed E-state index contributed by atoms with van der Waals surface area (Å²) in [5.74, 6) is -0.728. The highest BCUT2D eigenvalue weighted by Gasteiger charge is 2.26. The molecule has 0 amide bonds. The maximum Gasteiger partial charge on any atom is 0.334 e. The minimum atomic E-state index is -1.32. The normalized spacial score (nSPS) is 14.3. The number of benzene rings is 2. The lowest BCUT2D eigenvalue weighted by Gasteiger charge is -2.27. The summed E-state index contributed by atoms with van der Waals surface area (Å²) in [5.41, 5.74) is 1.70. The van der Waals surface area contributed by atoms with E-state index in [0.717, 1.165) is 24.0 Å². The summed E-state index contributed by atoms with van der Waals surface area (Å²) in [6.07, 6.45) is 0.877. The maximum absolute atomic E-state index is 12.8. The number of carbonyl (C=O) groups excluding carboxylic acids is 1. The molecule has 0 aliphatic carbocycles. The molecule has 0 saturated carbocycles. The molecule has 3 atom stereocenters. The summed E-state index contributed by atoms with van der Waals surface area (Å²) in [4.78, 5) is 23.2. The lowest BCUT2D eigenvalue weighted by atomic mass is 10.0. The number of hydrogen-bond acceptors (Lipinski definition) is 7. The second kappa shape index (κ2) is 15.0. The second-order valence-corrected chi connectivity index (χ2v) is 7.95. The largest absolute Gasteiger partial charge is 0.457 e. The van der Waals surface area contributed by atoms with Crippen LogP contribution in [0.15, 0.2) is 72.3 Å². The van der Waals surface area contributed by atoms with Crippen molar-refractivity contribution in [1.82, 2.24) is 0 Å². The summed E-state index contributed by atoms with van der Waals surface area (Å²) < 4.78 is 11.5. The van der Waals surface area contributed by atoms with E-state index in [2.05, 4.69) is 6.92 Å². The van der Waals surface area contributed by atoms with Gasteiger partial charge < -0.3 is 19.7 Å². The number of rotatable bonds is 15. The van der Waals surface area contributed by atoms with Crippen LogP contribution in [0.5, 0.6) is 0 Å². The van der Waals surface area contributed by atoms with Gasteiger partial charge in [0, 0.05) is 16.9 Å². The van der Waals surface area contributed by atoms with Gasteiger partial charge in [0.25, 0.3) is 0 Å². The van der Waals surface area contributed by atoms with Crippen molar-refractivity contribution >= 4 is 5.97 Å². The van der Waals surface area contributed by atoms with Crippen LogP contribution in [0.2, 0.25) is 0 Å². The highest BCUT2D eigenvalue weighted by Crippen LogP contribution is 2.27. The van der Waals surface area contributed by atoms with Crippen molar-refractivity contribution in [3.8, 4) is 0 Å². The molecule has 8 nitrogen and oxygen atoms in total. The van der Waals surface area contributed by atoms with Crippen LogP contribution in [0.4, 0.5) is 0 Å². The standard InChI is InChI=1S/C26H33NO7/c1-2-3-14-24(21-12-8-5-9-13-21)34-25(23(29)18-28)17-22(15-16-27(31)32)26(30)33-19-20-10-6-4-7-11-20/h4-13,17,23-25,28-29H,2-3,14-16,18-19H2,1H3. The van der Waals surface area contributed by atoms with Gasteiger partial charge in [0.2, 0.25) is 6.54 Å². The average Bonchev–Trinajstić information content (AvgIpc) is 2.86. The van der Waals surface area contributed by atoms with E-state index in [4.69, 9.17) is 9.47 Å². The van der Waals surface area contributed by atoms with E-state index >= 15 is 0 Å². The molecule has 0 radical (unpaired) electrons. The Morgan fingerprint density at radius 1 is 1.12 bits per heavy atom. The molecule has 0 aromatic heterocycles. The van der Waals surface area contributed by atoms with Gasteiger partial charge in [-0.1, -0.05) is 80.4 Å². The molecule has 0 saturated heterocycles. The SMILES string of the molecule is CCCCC(OC(C=C(CC[N+](=O)[O-])C(=O)OCc1ccccc1)C(O)CO)c1ccccc1. The number of esters is 1. The second-order valence-electron chi connectivity index (χ2n) is 7.95. The van der Waals surface area contributed by atoms with Crippen molar-refractivity contribution in [2.75, 3.05) is 13.2 Å². The summed E-state index contributed by atoms with van der Waals surface area (Å²) in [6, 6.07) is 18.5. The first-order valence-electron chi connectivity index (χ1n) is 11.5. The molecule has 2 rings (SSSR count). The minimum Gasteiger partial charge on any atom is -0.457 e. The summed E-state index contributed by atoms with van der Waals surface area (Å²) in [6.45, 7) is 0.983. The highest BCUT2D eigenvalue weighted by molar-refractivity contribution is 5.88. The van der Waals surface area contributed by atoms with E-state index in [0.29, 0.717) is 6.42 Å². The van der Waals surface area contributed by atoms with Gasteiger partial charge in [-0.25, -0.2) is 4.79 Å². The van der Waals surface area contributed by atoms with Crippen LogP contribution in [-0.2, 0) is 20.9 Å². The van der Waals surface area contributed by atoms with Gasteiger partial charge in [-0.2, -0.15) is 0 Å². The van der Waals surface area contributed by atoms with Crippen molar-refractivity contribution in [1.29, 1.82) is 0 Å². The van der Waals surface area contributed by atoms with Crippen LogP contribution in [0, 0.1) is 10.1 Å². The fourth-order valence-electron chi connectivity index (χ4n) is 3.38. The Bertz CT molecular complexity index is 902. The zero-order valence-electron chi connectivity index (χ0n) is 19.4. The molecule has 2 aromatic carbocycles. The molecule has 8 heteroatoms. The molecule has 3 unspecified atom stereocenters. The Morgan fingerprint density at radius 2 is 1.76 bits per heavy atom. The molecule has 0 heterocycles. The van der Waals surface area contributed by atoms with Gasteiger partial charge >= 0.3 is 5.97 Å². The fourth-order valence-corrected chi connectivity index (χ4v) is 3.38. The Morgan fingerprint density at radius 3 is 2.35 bits per heavy atom. The number of nitro groups is 1. The van der Waals surface area contributed by atoms with Crippen LogP contribution in [0.25, 0.3) is 0 Å². The van der Waals surface area contributed by atoms with E-state index < -0.39 is 36.3 Å². The van der Waals surface area contributed by atoms with Gasteiger partial charge in [0.05, 0.1) is 12.7 Å². The molecule has 0 bridgehead atoms. The van der Waals surface area contributed by atoms with E-state index in [1.54, 1.807) is 12.1 Å². The van der Waals surface area contributed by atoms with Gasteiger partial charge in [-0.05, 0) is 23.6 Å². The van der Waals surface area contributed by atoms with Crippen LogP contribution in [-0.4, -0.2) is 46.5 Å². The molecule has 2 aromatic rings. The quantitative estimate of drug-likeness (QED) is 0.174. The van der Waals surface area contributed by atoms with Crippen LogP contribution >= 0.6 is 0 Å². The summed E-state index contributed by atoms with van der Waals surface area (Å²) in [5, 5.41) is 31.0. The number of hydrogen-bond donors (Lipinski definition) is 2. The van der Waals surface area contributed by atoms with Crippen LogP contribution in [0.1, 0.15) is 49.8 Å². The zero-order valence-corrected chi connectivity index (χ0v) is 19.4. The zero-order chi connectivity index (χ0) is 24.8. The van der Waals surface area contributed by atoms with E-state index in [-0.39, 0.29) is 24.7 Å². The average molecular weight is 472 g/mol. The molecular weight excluding hydrogens is 438 g/mol. The lowest BCUT2D eigenvalue weighted by molar-refractivity contribution is -0.479. The number of aliphatic hydroxyl groups is 2. The molecule has 34 heavy (non-hydrogen) atoms. The van der Waals surface area contributed by atoms with Crippen molar-refractivity contribution in [3.63, 3.8) is 0 Å². The van der Waals surface area contributed by atoms with Crippen molar-refractivity contribution in [2.45, 2.75) is 57.5 Å².